The van der Waals surface area contributed by atoms with Crippen LogP contribution < -0.4 is 0 Å². The van der Waals surface area contributed by atoms with Gasteiger partial charge in [0, 0.05) is 15.7 Å². The van der Waals surface area contributed by atoms with Crippen LogP contribution in [-0.2, 0) is 5.75 Å². The minimum absolute atomic E-state index is 0.303. The van der Waals surface area contributed by atoms with Gasteiger partial charge in [-0.3, -0.25) is 0 Å². The van der Waals surface area contributed by atoms with E-state index < -0.39 is 5.97 Å². The van der Waals surface area contributed by atoms with Gasteiger partial charge in [0.1, 0.15) is 0 Å². The Bertz CT molecular complexity index is 552. The van der Waals surface area contributed by atoms with E-state index in [-0.39, 0.29) is 0 Å². The maximum Gasteiger partial charge on any atom is 0.335 e. The Kier molecular flexibility index (Phi) is 4.28. The molecule has 2 aromatic carbocycles. The summed E-state index contributed by atoms with van der Waals surface area (Å²) < 4.78 is 0. The highest BCUT2D eigenvalue weighted by Gasteiger charge is 2.03. The molecule has 0 bridgehead atoms. The van der Waals surface area contributed by atoms with Gasteiger partial charge in [0.15, 0.2) is 0 Å². The molecule has 0 spiro atoms. The van der Waals surface area contributed by atoms with Gasteiger partial charge in [0.05, 0.1) is 5.56 Å². The molecule has 0 heterocycles. The molecule has 0 saturated carbocycles. The summed E-state index contributed by atoms with van der Waals surface area (Å²) in [5.74, 6) is -0.135. The van der Waals surface area contributed by atoms with Crippen molar-refractivity contribution >= 4 is 29.3 Å². The number of hydrogen-bond donors (Lipinski definition) is 1. The monoisotopic (exact) mass is 278 g/mol. The number of carboxylic acids is 1. The summed E-state index contributed by atoms with van der Waals surface area (Å²) in [5, 5.41) is 9.55. The first kappa shape index (κ1) is 13.0. The summed E-state index contributed by atoms with van der Waals surface area (Å²) in [5.41, 5.74) is 1.38. The van der Waals surface area contributed by atoms with Crippen LogP contribution in [0, 0.1) is 0 Å². The highest BCUT2D eigenvalue weighted by Crippen LogP contribution is 2.26. The number of benzene rings is 2. The SMILES string of the molecule is O=C(O)c1ccc(SCc2ccccc2Cl)cc1. The number of rotatable bonds is 4. The summed E-state index contributed by atoms with van der Waals surface area (Å²) in [6.45, 7) is 0. The van der Waals surface area contributed by atoms with Crippen molar-refractivity contribution < 1.29 is 9.90 Å². The van der Waals surface area contributed by atoms with Crippen LogP contribution in [0.4, 0.5) is 0 Å². The van der Waals surface area contributed by atoms with Gasteiger partial charge in [0.25, 0.3) is 0 Å². The van der Waals surface area contributed by atoms with Crippen LogP contribution in [0.5, 0.6) is 0 Å². The van der Waals surface area contributed by atoms with E-state index in [0.29, 0.717) is 5.56 Å². The Morgan fingerprint density at radius 2 is 1.78 bits per heavy atom. The van der Waals surface area contributed by atoms with Crippen molar-refractivity contribution in [3.63, 3.8) is 0 Å². The van der Waals surface area contributed by atoms with E-state index in [1.165, 1.54) is 0 Å². The predicted molar refractivity (Wildman–Crippen MR) is 74.4 cm³/mol. The number of hydrogen-bond acceptors (Lipinski definition) is 2. The summed E-state index contributed by atoms with van der Waals surface area (Å²) >= 11 is 7.70. The Labute approximate surface area is 115 Å². The highest BCUT2D eigenvalue weighted by atomic mass is 35.5. The van der Waals surface area contributed by atoms with Gasteiger partial charge >= 0.3 is 5.97 Å². The molecule has 4 heteroatoms. The number of aromatic carboxylic acids is 1. The van der Waals surface area contributed by atoms with Crippen molar-refractivity contribution in [3.8, 4) is 0 Å². The van der Waals surface area contributed by atoms with E-state index in [0.717, 1.165) is 21.2 Å². The predicted octanol–water partition coefficient (Wildman–Crippen LogP) is 4.33. The van der Waals surface area contributed by atoms with Gasteiger partial charge in [-0.05, 0) is 35.9 Å². The summed E-state index contributed by atoms with van der Waals surface area (Å²) in [7, 11) is 0. The van der Waals surface area contributed by atoms with Crippen molar-refractivity contribution in [2.75, 3.05) is 0 Å². The van der Waals surface area contributed by atoms with Crippen molar-refractivity contribution in [1.29, 1.82) is 0 Å². The minimum atomic E-state index is -0.905. The molecular formula is C14H11ClO2S. The fraction of sp³-hybridized carbons (Fsp3) is 0.0714. The summed E-state index contributed by atoms with van der Waals surface area (Å²) in [4.78, 5) is 11.7. The number of halogens is 1. The second-order valence-electron chi connectivity index (χ2n) is 3.71. The maximum absolute atomic E-state index is 10.7. The lowest BCUT2D eigenvalue weighted by Gasteiger charge is -2.04. The molecule has 0 aliphatic heterocycles. The summed E-state index contributed by atoms with van der Waals surface area (Å²) in [6.07, 6.45) is 0. The second-order valence-corrected chi connectivity index (χ2v) is 5.17. The molecule has 1 N–H and O–H groups in total. The molecule has 0 aromatic heterocycles. The van der Waals surface area contributed by atoms with Crippen LogP contribution in [0.2, 0.25) is 5.02 Å². The number of carbonyl (C=O) groups is 1. The highest BCUT2D eigenvalue weighted by molar-refractivity contribution is 7.98. The van der Waals surface area contributed by atoms with Gasteiger partial charge in [-0.1, -0.05) is 29.8 Å². The quantitative estimate of drug-likeness (QED) is 0.846. The van der Waals surface area contributed by atoms with Gasteiger partial charge in [-0.2, -0.15) is 0 Å². The van der Waals surface area contributed by atoms with Crippen LogP contribution in [0.25, 0.3) is 0 Å². The fourth-order valence-corrected chi connectivity index (χ4v) is 2.65. The van der Waals surface area contributed by atoms with Gasteiger partial charge in [0.2, 0.25) is 0 Å². The van der Waals surface area contributed by atoms with E-state index in [1.807, 2.05) is 36.4 Å². The molecule has 0 aliphatic rings. The zero-order valence-electron chi connectivity index (χ0n) is 9.47. The van der Waals surface area contributed by atoms with Crippen LogP contribution in [0.1, 0.15) is 15.9 Å². The van der Waals surface area contributed by atoms with Crippen molar-refractivity contribution in [3.05, 3.63) is 64.7 Å². The maximum atomic E-state index is 10.7. The molecule has 0 radical (unpaired) electrons. The lowest BCUT2D eigenvalue weighted by molar-refractivity contribution is 0.0697. The molecule has 0 fully saturated rings. The molecule has 0 unspecified atom stereocenters. The molecule has 0 amide bonds. The average molecular weight is 279 g/mol. The van der Waals surface area contributed by atoms with E-state index in [9.17, 15) is 4.79 Å². The topological polar surface area (TPSA) is 37.3 Å². The van der Waals surface area contributed by atoms with Crippen LogP contribution >= 0.6 is 23.4 Å². The number of thioether (sulfide) groups is 1. The summed E-state index contributed by atoms with van der Waals surface area (Å²) in [6, 6.07) is 14.5. The Morgan fingerprint density at radius 3 is 2.39 bits per heavy atom. The van der Waals surface area contributed by atoms with Gasteiger partial charge < -0.3 is 5.11 Å². The minimum Gasteiger partial charge on any atom is -0.478 e. The zero-order chi connectivity index (χ0) is 13.0. The molecule has 0 aliphatic carbocycles. The first-order valence-corrected chi connectivity index (χ1v) is 6.73. The Hall–Kier alpha value is -1.45. The average Bonchev–Trinajstić information content (AvgIpc) is 2.38. The molecule has 0 saturated heterocycles. The van der Waals surface area contributed by atoms with E-state index in [1.54, 1.807) is 23.9 Å². The third-order valence-corrected chi connectivity index (χ3v) is 3.88. The first-order valence-electron chi connectivity index (χ1n) is 5.36. The van der Waals surface area contributed by atoms with Crippen molar-refractivity contribution in [1.82, 2.24) is 0 Å². The molecule has 18 heavy (non-hydrogen) atoms. The van der Waals surface area contributed by atoms with Gasteiger partial charge in [-0.15, -0.1) is 11.8 Å². The lowest BCUT2D eigenvalue weighted by Crippen LogP contribution is -1.94. The molecular weight excluding hydrogens is 268 g/mol. The second kappa shape index (κ2) is 5.94. The van der Waals surface area contributed by atoms with Crippen molar-refractivity contribution in [2.45, 2.75) is 10.6 Å². The van der Waals surface area contributed by atoms with E-state index in [4.69, 9.17) is 16.7 Å². The van der Waals surface area contributed by atoms with E-state index in [2.05, 4.69) is 0 Å². The van der Waals surface area contributed by atoms with Crippen LogP contribution in [0.3, 0.4) is 0 Å². The first-order chi connectivity index (χ1) is 8.66. The molecule has 92 valence electrons. The van der Waals surface area contributed by atoms with Gasteiger partial charge in [-0.25, -0.2) is 4.79 Å². The Morgan fingerprint density at radius 1 is 1.11 bits per heavy atom. The molecule has 2 nitrogen and oxygen atoms in total. The zero-order valence-corrected chi connectivity index (χ0v) is 11.0. The normalized spacial score (nSPS) is 10.3. The molecule has 0 atom stereocenters. The fourth-order valence-electron chi connectivity index (χ4n) is 1.47. The van der Waals surface area contributed by atoms with Crippen LogP contribution in [0.15, 0.2) is 53.4 Å². The lowest BCUT2D eigenvalue weighted by atomic mass is 10.2. The molecule has 2 aromatic rings. The Balaban J connectivity index is 2.02. The standard InChI is InChI=1S/C14H11ClO2S/c15-13-4-2-1-3-11(13)9-18-12-7-5-10(6-8-12)14(16)17/h1-8H,9H2,(H,16,17). The molecule has 2 rings (SSSR count). The van der Waals surface area contributed by atoms with Crippen molar-refractivity contribution in [2.24, 2.45) is 0 Å². The van der Waals surface area contributed by atoms with E-state index >= 15 is 0 Å². The van der Waals surface area contributed by atoms with Crippen LogP contribution in [-0.4, -0.2) is 11.1 Å². The smallest absolute Gasteiger partial charge is 0.335 e. The third kappa shape index (κ3) is 3.28. The largest absolute Gasteiger partial charge is 0.478 e. The third-order valence-electron chi connectivity index (χ3n) is 2.45. The number of carboxylic acid groups (broad SMARTS) is 1.